The van der Waals surface area contributed by atoms with Crippen molar-refractivity contribution in [1.29, 1.82) is 0 Å². The summed E-state index contributed by atoms with van der Waals surface area (Å²) >= 11 is 4.80. The Morgan fingerprint density at radius 2 is 2.25 bits per heavy atom. The third-order valence-electron chi connectivity index (χ3n) is 0.0206. The predicted molar refractivity (Wildman–Crippen MR) is 6.94 cm³/mol. The van der Waals surface area contributed by atoms with E-state index in [2.05, 4.69) is -0.391 Å². The minimum absolute atomic E-state index is 0.0604. The monoisotopic (exact) mass is 370 g/mol. The van der Waals surface area contributed by atoms with Crippen molar-refractivity contribution in [1.82, 2.24) is 0 Å². The van der Waals surface area contributed by atoms with Gasteiger partial charge < -0.3 is 0 Å². The van der Waals surface area contributed by atoms with Gasteiger partial charge in [-0.1, -0.05) is 0 Å². The topological polar surface area (TPSA) is 9.23 Å². The van der Waals surface area contributed by atoms with Crippen LogP contribution in [-0.2, 0) is 9.10 Å². The Labute approximate surface area is 59.3 Å². The van der Waals surface area contributed by atoms with Crippen LogP contribution >= 0.6 is 11.9 Å². The van der Waals surface area contributed by atoms with Gasteiger partial charge in [-0.25, -0.2) is 0 Å². The second-order valence-electron chi connectivity index (χ2n) is 0.109. The zero-order chi connectivity index (χ0) is 3.41. The van der Waals surface area contributed by atoms with Gasteiger partial charge in [-0.3, -0.25) is 0 Å². The zero-order valence-corrected chi connectivity index (χ0v) is 7.01. The molecule has 0 aliphatic heterocycles. The second-order valence-corrected chi connectivity index (χ2v) is 4.09. The van der Waals surface area contributed by atoms with Gasteiger partial charge in [0, 0.05) is 0 Å². The number of rotatable bonds is 1. The van der Waals surface area contributed by atoms with Crippen LogP contribution in [0.1, 0.15) is 0 Å². The maximum atomic E-state index is 4.74. The van der Waals surface area contributed by atoms with Crippen LogP contribution in [0.15, 0.2) is 0 Å². The molecule has 0 bridgehead atoms. The SMILES string of the molecule is ClO[Xe][Re]. The van der Waals surface area contributed by atoms with Crippen molar-refractivity contribution < 1.29 is 49.2 Å². The van der Waals surface area contributed by atoms with Crippen LogP contribution in [0.25, 0.3) is 0 Å². The van der Waals surface area contributed by atoms with Crippen molar-refractivity contribution in [3.8, 4) is 0 Å². The first kappa shape index (κ1) is 6.48. The van der Waals surface area contributed by atoms with Gasteiger partial charge in [-0.05, 0) is 0 Å². The number of hydrogen-bond acceptors (Lipinski definition) is 1. The summed E-state index contributed by atoms with van der Waals surface area (Å²) in [7, 11) is 1.60. The molecule has 0 amide bonds. The average molecular weight is 369 g/mol. The van der Waals surface area contributed by atoms with Crippen LogP contribution in [0.3, 0.4) is 0 Å². The standard InChI is InChI=1S/ClOXe.Re/c1-2-3;. The molecule has 0 rings (SSSR count). The Bertz CT molecular complexity index is 10.0. The van der Waals surface area contributed by atoms with E-state index in [9.17, 15) is 0 Å². The first-order valence-electron chi connectivity index (χ1n) is 0.432. The molecule has 0 atom stereocenters. The van der Waals surface area contributed by atoms with E-state index in [-0.39, 0.29) is 40.1 Å². The molecule has 0 aromatic rings. The van der Waals surface area contributed by atoms with Gasteiger partial charge in [0.2, 0.25) is 0 Å². The van der Waals surface area contributed by atoms with Gasteiger partial charge in [-0.2, -0.15) is 0 Å². The van der Waals surface area contributed by atoms with Gasteiger partial charge in [-0.15, -0.1) is 0 Å². The molecule has 0 unspecified atom stereocenters. The van der Waals surface area contributed by atoms with Crippen LogP contribution in [0, 0.1) is 40.1 Å². The fraction of sp³-hybridized carbons (Fsp3) is 0. The van der Waals surface area contributed by atoms with Gasteiger partial charge >= 0.3 is 61.1 Å². The Balaban J connectivity index is 1.97. The fourth-order valence-electron chi connectivity index (χ4n) is 0. The van der Waals surface area contributed by atoms with E-state index in [1.54, 1.807) is 9.49 Å². The average Bonchev–Trinajstić information content (AvgIpc) is 1.37. The van der Waals surface area contributed by atoms with Gasteiger partial charge in [0.1, 0.15) is 0 Å². The molecular weight excluding hydrogens is 369 g/mol. The van der Waals surface area contributed by atoms with E-state index >= 15 is 0 Å². The summed E-state index contributed by atoms with van der Waals surface area (Å²) < 4.78 is 4.13. The van der Waals surface area contributed by atoms with E-state index < -0.39 is 0 Å². The molecule has 1 nitrogen and oxygen atoms in total. The van der Waals surface area contributed by atoms with Crippen LogP contribution < -0.4 is 0 Å². The normalized spacial score (nSPS) is 8.50. The number of hydrogen-bond donors (Lipinski definition) is 0. The molecule has 0 aliphatic carbocycles. The van der Waals surface area contributed by atoms with Crippen LogP contribution in [0.2, 0.25) is 0 Å². The van der Waals surface area contributed by atoms with Crippen LogP contribution in [-0.4, -0.2) is 0 Å². The predicted octanol–water partition coefficient (Wildman–Crippen LogP) is 0.619. The Kier molecular flexibility index (Phi) is 8.89. The fourth-order valence-corrected chi connectivity index (χ4v) is 0. The van der Waals surface area contributed by atoms with Crippen molar-refractivity contribution in [2.75, 3.05) is 0 Å². The summed E-state index contributed by atoms with van der Waals surface area (Å²) in [6, 6.07) is 0. The first-order valence-corrected chi connectivity index (χ1v) is 8.77. The van der Waals surface area contributed by atoms with Crippen molar-refractivity contribution in [2.45, 2.75) is 0 Å². The Hall–Kier alpha value is 2.48. The summed E-state index contributed by atoms with van der Waals surface area (Å²) in [6.07, 6.45) is 0. The zero-order valence-electron chi connectivity index (χ0n) is 1.52. The molecule has 28 valence electrons. The second kappa shape index (κ2) is 5.48. The van der Waals surface area contributed by atoms with Gasteiger partial charge in [0.15, 0.2) is 0 Å². The van der Waals surface area contributed by atoms with Crippen molar-refractivity contribution in [2.24, 2.45) is 0 Å². The molecule has 0 radical (unpaired) electrons. The van der Waals surface area contributed by atoms with E-state index in [4.69, 9.17) is 11.9 Å². The molecule has 0 saturated carbocycles. The molecule has 0 fully saturated rings. The first-order chi connectivity index (χ1) is 1.91. The minimum atomic E-state index is 0.0604. The quantitative estimate of drug-likeness (QED) is 0.659. The molecular formula is ClOReXe. The van der Waals surface area contributed by atoms with E-state index in [0.29, 0.717) is 0 Å². The van der Waals surface area contributed by atoms with E-state index in [1.165, 1.54) is 0 Å². The summed E-state index contributed by atoms with van der Waals surface area (Å²) in [5, 5.41) is 0. The molecule has 0 aromatic heterocycles. The third kappa shape index (κ3) is 4.48. The molecule has 0 saturated heterocycles. The molecule has 0 heterocycles. The molecule has 0 aliphatic rings. The van der Waals surface area contributed by atoms with Crippen molar-refractivity contribution >= 4 is 11.9 Å². The molecule has 4 heteroatoms. The molecule has 0 N–H and O–H groups in total. The molecule has 4 heavy (non-hydrogen) atoms. The maximum absolute atomic E-state index is 4.74. The van der Waals surface area contributed by atoms with Crippen LogP contribution in [0.4, 0.5) is 0 Å². The van der Waals surface area contributed by atoms with E-state index in [1.807, 2.05) is 0 Å². The Morgan fingerprint density at radius 3 is 2.25 bits per heavy atom. The number of halogens is 1. The molecule has 0 spiro atoms. The Morgan fingerprint density at radius 1 is 2.00 bits per heavy atom. The van der Waals surface area contributed by atoms with E-state index in [0.717, 1.165) is 0 Å². The third-order valence-corrected chi connectivity index (χ3v) is 3.40. The summed E-state index contributed by atoms with van der Waals surface area (Å²) in [6.45, 7) is 0. The summed E-state index contributed by atoms with van der Waals surface area (Å²) in [5.41, 5.74) is 0. The molecule has 0 aromatic carbocycles. The van der Waals surface area contributed by atoms with Crippen molar-refractivity contribution in [3.05, 3.63) is 0 Å². The summed E-state index contributed by atoms with van der Waals surface area (Å²) in [5.74, 6) is 0. The summed E-state index contributed by atoms with van der Waals surface area (Å²) in [4.78, 5) is 0. The van der Waals surface area contributed by atoms with Crippen molar-refractivity contribution in [3.63, 3.8) is 0 Å². The van der Waals surface area contributed by atoms with Crippen LogP contribution in [0.5, 0.6) is 0 Å². The van der Waals surface area contributed by atoms with Gasteiger partial charge in [0.05, 0.1) is 0 Å². The van der Waals surface area contributed by atoms with Gasteiger partial charge in [0.25, 0.3) is 0 Å².